The lowest BCUT2D eigenvalue weighted by molar-refractivity contribution is 0.205. The lowest BCUT2D eigenvalue weighted by Crippen LogP contribution is -2.35. The Hall–Kier alpha value is -2.30. The van der Waals surface area contributed by atoms with Crippen molar-refractivity contribution in [3.8, 4) is 0 Å². The molecule has 1 atom stereocenters. The van der Waals surface area contributed by atoms with Gasteiger partial charge in [-0.1, -0.05) is 0 Å². The highest BCUT2D eigenvalue weighted by Crippen LogP contribution is 2.32. The Morgan fingerprint density at radius 2 is 2.05 bits per heavy atom. The van der Waals surface area contributed by atoms with Crippen LogP contribution in [-0.4, -0.2) is 22.0 Å². The molecule has 0 saturated carbocycles. The number of aryl methyl sites for hydroxylation is 1. The Kier molecular flexibility index (Phi) is 3.64. The minimum atomic E-state index is -0.309. The number of amides is 2. The highest BCUT2D eigenvalue weighted by molar-refractivity contribution is 5.89. The topological polar surface area (TPSA) is 37.3 Å². The van der Waals surface area contributed by atoms with Crippen molar-refractivity contribution in [2.75, 3.05) is 11.9 Å². The molecule has 1 N–H and O–H groups in total. The molecule has 0 spiro atoms. The number of hydrogen-bond donors (Lipinski definition) is 1. The lowest BCUT2D eigenvalue weighted by atomic mass is 10.1. The second-order valence-corrected chi connectivity index (χ2v) is 5.33. The number of rotatable bonds is 2. The molecule has 0 radical (unpaired) electrons. The molecule has 1 saturated heterocycles. The number of likely N-dealkylation sites (tertiary alicyclic amines) is 1. The van der Waals surface area contributed by atoms with Crippen LogP contribution >= 0.6 is 0 Å². The maximum Gasteiger partial charge on any atom is 0.322 e. The molecule has 5 heteroatoms. The SMILES string of the molecule is Cn1cccc1C1CCCN1C(=O)Nc1ccc(F)cc1. The third-order valence-electron chi connectivity index (χ3n) is 3.93. The van der Waals surface area contributed by atoms with Crippen LogP contribution in [0.1, 0.15) is 24.6 Å². The Labute approximate surface area is 123 Å². The molecule has 1 unspecified atom stereocenters. The van der Waals surface area contributed by atoms with E-state index in [-0.39, 0.29) is 17.9 Å². The molecule has 4 nitrogen and oxygen atoms in total. The monoisotopic (exact) mass is 287 g/mol. The summed E-state index contributed by atoms with van der Waals surface area (Å²) >= 11 is 0. The molecule has 2 heterocycles. The van der Waals surface area contributed by atoms with E-state index in [1.807, 2.05) is 34.8 Å². The van der Waals surface area contributed by atoms with Crippen LogP contribution < -0.4 is 5.32 Å². The van der Waals surface area contributed by atoms with Gasteiger partial charge in [0.25, 0.3) is 0 Å². The quantitative estimate of drug-likeness (QED) is 0.901. The number of nitrogens with zero attached hydrogens (tertiary/aromatic N) is 2. The summed E-state index contributed by atoms with van der Waals surface area (Å²) in [7, 11) is 1.99. The van der Waals surface area contributed by atoms with E-state index in [9.17, 15) is 9.18 Å². The first kappa shape index (κ1) is 13.7. The molecule has 2 aromatic rings. The van der Waals surface area contributed by atoms with E-state index >= 15 is 0 Å². The first-order valence-corrected chi connectivity index (χ1v) is 7.09. The van der Waals surface area contributed by atoms with Crippen LogP contribution in [0.2, 0.25) is 0 Å². The lowest BCUT2D eigenvalue weighted by Gasteiger charge is -2.25. The van der Waals surface area contributed by atoms with Gasteiger partial charge in [0.1, 0.15) is 5.82 Å². The van der Waals surface area contributed by atoms with Crippen molar-refractivity contribution in [3.63, 3.8) is 0 Å². The van der Waals surface area contributed by atoms with Crippen LogP contribution in [0.25, 0.3) is 0 Å². The van der Waals surface area contributed by atoms with Gasteiger partial charge in [-0.2, -0.15) is 0 Å². The van der Waals surface area contributed by atoms with Crippen molar-refractivity contribution in [1.82, 2.24) is 9.47 Å². The summed E-state index contributed by atoms with van der Waals surface area (Å²) in [4.78, 5) is 14.3. The second kappa shape index (κ2) is 5.60. The number of carbonyl (C=O) groups is 1. The second-order valence-electron chi connectivity index (χ2n) is 5.33. The maximum atomic E-state index is 12.9. The third kappa shape index (κ3) is 2.77. The number of aromatic nitrogens is 1. The van der Waals surface area contributed by atoms with Gasteiger partial charge < -0.3 is 14.8 Å². The van der Waals surface area contributed by atoms with Gasteiger partial charge in [0.2, 0.25) is 0 Å². The summed E-state index contributed by atoms with van der Waals surface area (Å²) in [5.74, 6) is -0.309. The van der Waals surface area contributed by atoms with Crippen LogP contribution in [0.5, 0.6) is 0 Å². The maximum absolute atomic E-state index is 12.9. The van der Waals surface area contributed by atoms with Crippen LogP contribution in [-0.2, 0) is 7.05 Å². The number of anilines is 1. The highest BCUT2D eigenvalue weighted by Gasteiger charge is 2.31. The number of carbonyl (C=O) groups excluding carboxylic acids is 1. The summed E-state index contributed by atoms with van der Waals surface area (Å²) in [6.07, 6.45) is 3.95. The Morgan fingerprint density at radius 3 is 2.71 bits per heavy atom. The van der Waals surface area contributed by atoms with Gasteiger partial charge in [0, 0.05) is 31.2 Å². The zero-order valence-electron chi connectivity index (χ0n) is 11.9. The summed E-state index contributed by atoms with van der Waals surface area (Å²) in [5.41, 5.74) is 1.75. The smallest absolute Gasteiger partial charge is 0.322 e. The third-order valence-corrected chi connectivity index (χ3v) is 3.93. The number of halogens is 1. The molecule has 21 heavy (non-hydrogen) atoms. The average molecular weight is 287 g/mol. The number of nitrogens with one attached hydrogen (secondary N) is 1. The van der Waals surface area contributed by atoms with Gasteiger partial charge in [0.05, 0.1) is 6.04 Å². The van der Waals surface area contributed by atoms with Crippen LogP contribution in [0, 0.1) is 5.82 Å². The van der Waals surface area contributed by atoms with Crippen molar-refractivity contribution in [2.45, 2.75) is 18.9 Å². The average Bonchev–Trinajstić information content (AvgIpc) is 3.09. The van der Waals surface area contributed by atoms with E-state index in [0.29, 0.717) is 5.69 Å². The molecule has 110 valence electrons. The molecular weight excluding hydrogens is 269 g/mol. The van der Waals surface area contributed by atoms with Crippen LogP contribution in [0.4, 0.5) is 14.9 Å². The summed E-state index contributed by atoms with van der Waals surface area (Å²) in [6.45, 7) is 0.739. The molecule has 1 aliphatic rings. The Bertz CT molecular complexity index is 635. The van der Waals surface area contributed by atoms with E-state index in [2.05, 4.69) is 5.32 Å². The molecule has 1 aromatic heterocycles. The predicted molar refractivity (Wildman–Crippen MR) is 79.5 cm³/mol. The minimum Gasteiger partial charge on any atom is -0.353 e. The van der Waals surface area contributed by atoms with E-state index in [1.54, 1.807) is 12.1 Å². The van der Waals surface area contributed by atoms with Crippen LogP contribution in [0.15, 0.2) is 42.6 Å². The zero-order valence-corrected chi connectivity index (χ0v) is 11.9. The van der Waals surface area contributed by atoms with Gasteiger partial charge in [-0.25, -0.2) is 9.18 Å². The van der Waals surface area contributed by atoms with Crippen molar-refractivity contribution in [1.29, 1.82) is 0 Å². The Balaban J connectivity index is 1.74. The van der Waals surface area contributed by atoms with Crippen LogP contribution in [0.3, 0.4) is 0 Å². The number of hydrogen-bond acceptors (Lipinski definition) is 1. The molecule has 1 fully saturated rings. The zero-order chi connectivity index (χ0) is 14.8. The van der Waals surface area contributed by atoms with Gasteiger partial charge in [-0.05, 0) is 49.2 Å². The fourth-order valence-electron chi connectivity index (χ4n) is 2.87. The van der Waals surface area contributed by atoms with Gasteiger partial charge in [-0.15, -0.1) is 0 Å². The van der Waals surface area contributed by atoms with Gasteiger partial charge in [-0.3, -0.25) is 0 Å². The molecule has 1 aromatic carbocycles. The van der Waals surface area contributed by atoms with E-state index < -0.39 is 0 Å². The Morgan fingerprint density at radius 1 is 1.29 bits per heavy atom. The molecule has 0 bridgehead atoms. The molecule has 1 aliphatic heterocycles. The standard InChI is InChI=1S/C16H18FN3O/c1-19-10-2-4-14(19)15-5-3-11-20(15)16(21)18-13-8-6-12(17)7-9-13/h2,4,6-10,15H,3,5,11H2,1H3,(H,18,21). The van der Waals surface area contributed by atoms with Crippen molar-refractivity contribution < 1.29 is 9.18 Å². The fourth-order valence-corrected chi connectivity index (χ4v) is 2.87. The molecular formula is C16H18FN3O. The first-order chi connectivity index (χ1) is 10.1. The number of urea groups is 1. The summed E-state index contributed by atoms with van der Waals surface area (Å²) < 4.78 is 14.9. The molecule has 2 amide bonds. The van der Waals surface area contributed by atoms with Crippen molar-refractivity contribution in [2.24, 2.45) is 7.05 Å². The normalized spacial score (nSPS) is 18.0. The molecule has 0 aliphatic carbocycles. The van der Waals surface area contributed by atoms with E-state index in [4.69, 9.17) is 0 Å². The van der Waals surface area contributed by atoms with Crippen molar-refractivity contribution >= 4 is 11.7 Å². The highest BCUT2D eigenvalue weighted by atomic mass is 19.1. The summed E-state index contributed by atoms with van der Waals surface area (Å²) in [5, 5.41) is 2.83. The minimum absolute atomic E-state index is 0.102. The molecule has 3 rings (SSSR count). The largest absolute Gasteiger partial charge is 0.353 e. The van der Waals surface area contributed by atoms with E-state index in [0.717, 1.165) is 25.1 Å². The fraction of sp³-hybridized carbons (Fsp3) is 0.312. The van der Waals surface area contributed by atoms with Gasteiger partial charge in [0.15, 0.2) is 0 Å². The van der Waals surface area contributed by atoms with Gasteiger partial charge >= 0.3 is 6.03 Å². The van der Waals surface area contributed by atoms with Crippen molar-refractivity contribution in [3.05, 3.63) is 54.1 Å². The first-order valence-electron chi connectivity index (χ1n) is 7.09. The van der Waals surface area contributed by atoms with E-state index in [1.165, 1.54) is 12.1 Å². The predicted octanol–water partition coefficient (Wildman–Crippen LogP) is 3.53. The summed E-state index contributed by atoms with van der Waals surface area (Å²) in [6, 6.07) is 9.83. The number of benzene rings is 1.